The van der Waals surface area contributed by atoms with Crippen LogP contribution in [-0.4, -0.2) is 26.6 Å². The van der Waals surface area contributed by atoms with Crippen molar-refractivity contribution in [3.8, 4) is 5.75 Å². The SMILES string of the molecule is O=C(N/N=C\c1ccccc1OCc1cccc(Cl)c1)[C@H](Cc1ccccc1)NS(=O)(=O)c1ccc(I)cc1. The fourth-order valence-corrected chi connectivity index (χ4v) is 5.42. The van der Waals surface area contributed by atoms with Gasteiger partial charge in [0.05, 0.1) is 11.1 Å². The second-order valence-corrected chi connectivity index (χ2v) is 11.9. The molecule has 2 N–H and O–H groups in total. The summed E-state index contributed by atoms with van der Waals surface area (Å²) in [5.41, 5.74) is 4.82. The van der Waals surface area contributed by atoms with Crippen LogP contribution in [-0.2, 0) is 27.8 Å². The zero-order valence-corrected chi connectivity index (χ0v) is 24.4. The highest BCUT2D eigenvalue weighted by atomic mass is 127. The van der Waals surface area contributed by atoms with Gasteiger partial charge in [0.15, 0.2) is 0 Å². The molecule has 0 saturated carbocycles. The molecule has 0 radical (unpaired) electrons. The largest absolute Gasteiger partial charge is 0.488 e. The Hall–Kier alpha value is -3.25. The lowest BCUT2D eigenvalue weighted by Gasteiger charge is -2.17. The van der Waals surface area contributed by atoms with Crippen molar-refractivity contribution >= 4 is 56.3 Å². The Balaban J connectivity index is 1.47. The summed E-state index contributed by atoms with van der Waals surface area (Å²) in [6.07, 6.45) is 1.60. The average Bonchev–Trinajstić information content (AvgIpc) is 2.93. The first-order valence-electron chi connectivity index (χ1n) is 11.9. The molecule has 4 rings (SSSR count). The average molecular weight is 674 g/mol. The number of amides is 1. The van der Waals surface area contributed by atoms with E-state index in [1.807, 2.05) is 60.7 Å². The molecule has 0 saturated heterocycles. The van der Waals surface area contributed by atoms with Crippen molar-refractivity contribution in [2.75, 3.05) is 0 Å². The van der Waals surface area contributed by atoms with Crippen LogP contribution in [0.2, 0.25) is 5.02 Å². The summed E-state index contributed by atoms with van der Waals surface area (Å²) in [4.78, 5) is 13.2. The lowest BCUT2D eigenvalue weighted by molar-refractivity contribution is -0.122. The summed E-state index contributed by atoms with van der Waals surface area (Å²) in [7, 11) is -3.96. The van der Waals surface area contributed by atoms with E-state index in [0.717, 1.165) is 14.7 Å². The van der Waals surface area contributed by atoms with Crippen LogP contribution in [0.15, 0.2) is 113 Å². The van der Waals surface area contributed by atoms with Gasteiger partial charge in [-0.15, -0.1) is 0 Å². The van der Waals surface area contributed by atoms with E-state index < -0.39 is 22.0 Å². The van der Waals surface area contributed by atoms with E-state index in [0.29, 0.717) is 22.9 Å². The quantitative estimate of drug-likeness (QED) is 0.124. The summed E-state index contributed by atoms with van der Waals surface area (Å²) in [6.45, 7) is 0.303. The predicted octanol–water partition coefficient (Wildman–Crippen LogP) is 5.56. The van der Waals surface area contributed by atoms with Gasteiger partial charge in [-0.2, -0.15) is 9.82 Å². The topological polar surface area (TPSA) is 96.9 Å². The van der Waals surface area contributed by atoms with Crippen molar-refractivity contribution in [2.24, 2.45) is 5.10 Å². The van der Waals surface area contributed by atoms with Crippen molar-refractivity contribution in [1.29, 1.82) is 0 Å². The molecular weight excluding hydrogens is 649 g/mol. The smallest absolute Gasteiger partial charge is 0.258 e. The summed E-state index contributed by atoms with van der Waals surface area (Å²) in [5, 5.41) is 4.71. The lowest BCUT2D eigenvalue weighted by Crippen LogP contribution is -2.46. The first-order chi connectivity index (χ1) is 18.8. The second kappa shape index (κ2) is 13.7. The van der Waals surface area contributed by atoms with Crippen molar-refractivity contribution in [3.63, 3.8) is 0 Å². The number of hydrogen-bond acceptors (Lipinski definition) is 5. The number of para-hydroxylation sites is 1. The minimum absolute atomic E-state index is 0.0723. The monoisotopic (exact) mass is 673 g/mol. The third-order valence-electron chi connectivity index (χ3n) is 5.60. The molecule has 0 heterocycles. The van der Waals surface area contributed by atoms with Gasteiger partial charge < -0.3 is 4.74 Å². The van der Waals surface area contributed by atoms with E-state index in [2.05, 4.69) is 37.8 Å². The number of halogens is 2. The fraction of sp³-hybridized carbons (Fsp3) is 0.103. The molecule has 10 heteroatoms. The van der Waals surface area contributed by atoms with Gasteiger partial charge in [0.25, 0.3) is 5.91 Å². The van der Waals surface area contributed by atoms with Crippen molar-refractivity contribution in [2.45, 2.75) is 24.0 Å². The number of sulfonamides is 1. The van der Waals surface area contributed by atoms with Crippen LogP contribution in [0.3, 0.4) is 0 Å². The predicted molar refractivity (Wildman–Crippen MR) is 161 cm³/mol. The third-order valence-corrected chi connectivity index (χ3v) is 8.04. The molecule has 4 aromatic carbocycles. The summed E-state index contributed by atoms with van der Waals surface area (Å²) >= 11 is 8.15. The number of carbonyl (C=O) groups excluding carboxylic acids is 1. The first kappa shape index (κ1) is 28.8. The maximum atomic E-state index is 13.1. The van der Waals surface area contributed by atoms with Gasteiger partial charge in [-0.3, -0.25) is 4.79 Å². The Morgan fingerprint density at radius 3 is 2.36 bits per heavy atom. The molecule has 0 aliphatic rings. The molecule has 200 valence electrons. The van der Waals surface area contributed by atoms with Crippen LogP contribution < -0.4 is 14.9 Å². The molecule has 0 fully saturated rings. The van der Waals surface area contributed by atoms with Crippen molar-refractivity contribution in [3.05, 3.63) is 128 Å². The number of rotatable bonds is 11. The maximum absolute atomic E-state index is 13.1. The number of hydrazone groups is 1. The number of nitrogens with one attached hydrogen (secondary N) is 2. The lowest BCUT2D eigenvalue weighted by atomic mass is 10.1. The Morgan fingerprint density at radius 1 is 0.923 bits per heavy atom. The number of ether oxygens (including phenoxy) is 1. The molecule has 39 heavy (non-hydrogen) atoms. The van der Waals surface area contributed by atoms with Crippen LogP contribution >= 0.6 is 34.2 Å². The molecule has 1 atom stereocenters. The van der Waals surface area contributed by atoms with Gasteiger partial charge in [0.1, 0.15) is 18.4 Å². The summed E-state index contributed by atoms with van der Waals surface area (Å²) in [6, 6.07) is 29.1. The zero-order valence-electron chi connectivity index (χ0n) is 20.6. The van der Waals surface area contributed by atoms with Crippen molar-refractivity contribution < 1.29 is 17.9 Å². The highest BCUT2D eigenvalue weighted by Gasteiger charge is 2.26. The van der Waals surface area contributed by atoms with E-state index in [4.69, 9.17) is 16.3 Å². The van der Waals surface area contributed by atoms with Gasteiger partial charge in [-0.25, -0.2) is 13.8 Å². The third kappa shape index (κ3) is 8.62. The van der Waals surface area contributed by atoms with Crippen LogP contribution in [0.1, 0.15) is 16.7 Å². The number of carbonyl (C=O) groups is 1. The van der Waals surface area contributed by atoms with E-state index >= 15 is 0 Å². The highest BCUT2D eigenvalue weighted by Crippen LogP contribution is 2.19. The van der Waals surface area contributed by atoms with Gasteiger partial charge in [0, 0.05) is 14.2 Å². The number of hydrogen-bond donors (Lipinski definition) is 2. The second-order valence-electron chi connectivity index (χ2n) is 8.51. The molecule has 0 bridgehead atoms. The highest BCUT2D eigenvalue weighted by molar-refractivity contribution is 14.1. The van der Waals surface area contributed by atoms with Gasteiger partial charge >= 0.3 is 0 Å². The van der Waals surface area contributed by atoms with Crippen LogP contribution in [0.4, 0.5) is 0 Å². The van der Waals surface area contributed by atoms with Gasteiger partial charge in [-0.1, -0.05) is 66.2 Å². The Bertz CT molecular complexity index is 1550. The molecule has 1 amide bonds. The van der Waals surface area contributed by atoms with E-state index in [-0.39, 0.29) is 11.3 Å². The Labute approximate surface area is 246 Å². The van der Waals surface area contributed by atoms with E-state index in [9.17, 15) is 13.2 Å². The molecule has 0 unspecified atom stereocenters. The Morgan fingerprint density at radius 2 is 1.62 bits per heavy atom. The fourth-order valence-electron chi connectivity index (χ4n) is 3.66. The minimum atomic E-state index is -3.96. The summed E-state index contributed by atoms with van der Waals surface area (Å²) in [5.74, 6) is -0.0303. The zero-order chi connectivity index (χ0) is 27.7. The number of nitrogens with zero attached hydrogens (tertiary/aromatic N) is 1. The molecule has 0 aliphatic carbocycles. The van der Waals surface area contributed by atoms with Crippen LogP contribution in [0.25, 0.3) is 0 Å². The molecule has 4 aromatic rings. The van der Waals surface area contributed by atoms with Crippen LogP contribution in [0, 0.1) is 3.57 Å². The van der Waals surface area contributed by atoms with Crippen LogP contribution in [0.5, 0.6) is 5.75 Å². The maximum Gasteiger partial charge on any atom is 0.258 e. The van der Waals surface area contributed by atoms with Gasteiger partial charge in [0.2, 0.25) is 10.0 Å². The standard InChI is InChI=1S/C29H25ClIN3O4S/c30-24-11-6-9-22(17-24)20-38-28-12-5-4-10-23(28)19-32-33-29(35)27(18-21-7-2-1-3-8-21)34-39(36,37)26-15-13-25(31)14-16-26/h1-17,19,27,34H,18,20H2,(H,33,35)/b32-19-/t27-/m0/s1. The number of benzene rings is 4. The molecule has 0 spiro atoms. The molecular formula is C29H25ClIN3O4S. The van der Waals surface area contributed by atoms with E-state index in [1.165, 1.54) is 18.3 Å². The first-order valence-corrected chi connectivity index (χ1v) is 14.9. The normalized spacial score (nSPS) is 12.3. The molecule has 7 nitrogen and oxygen atoms in total. The summed E-state index contributed by atoms with van der Waals surface area (Å²) < 4.78 is 35.4. The van der Waals surface area contributed by atoms with Gasteiger partial charge in [-0.05, 0) is 88.7 Å². The molecule has 0 aliphatic heterocycles. The van der Waals surface area contributed by atoms with E-state index in [1.54, 1.807) is 30.3 Å². The minimum Gasteiger partial charge on any atom is -0.488 e. The molecule has 0 aromatic heterocycles. The Kier molecular flexibility index (Phi) is 10.1. The van der Waals surface area contributed by atoms with Crippen molar-refractivity contribution in [1.82, 2.24) is 10.1 Å².